The summed E-state index contributed by atoms with van der Waals surface area (Å²) in [6.07, 6.45) is 6.02. The molecule has 0 bridgehead atoms. The number of nitrogens with one attached hydrogen (secondary N) is 2. The lowest BCUT2D eigenvalue weighted by Gasteiger charge is -2.25. The maximum absolute atomic E-state index is 13.7. The standard InChI is InChI=1S/C31H34N4O/c1-20-8-11-27(16-28(20)29(21(2)18-32)17-30(35)22(3)34)31(36)26-7-5-4-6-24(14-15-26)25-12-9-23(19-33)10-13-25/h8-13,16,24,26,34-35H,4-7,14-15,17H2,1-3H3/b29-21-,34-22?,35-30?. The lowest BCUT2D eigenvalue weighted by molar-refractivity contribution is 0.0896. The van der Waals surface area contributed by atoms with Gasteiger partial charge in [-0.2, -0.15) is 10.5 Å². The van der Waals surface area contributed by atoms with E-state index in [4.69, 9.17) is 16.1 Å². The van der Waals surface area contributed by atoms with Gasteiger partial charge in [-0.1, -0.05) is 37.1 Å². The molecule has 0 amide bonds. The van der Waals surface area contributed by atoms with Crippen LogP contribution in [0.15, 0.2) is 48.0 Å². The van der Waals surface area contributed by atoms with Gasteiger partial charge in [0.2, 0.25) is 0 Å². The summed E-state index contributed by atoms with van der Waals surface area (Å²) >= 11 is 0. The number of Topliss-reactive ketones (excluding diaryl/α,β-unsaturated/α-hetero) is 1. The maximum Gasteiger partial charge on any atom is 0.165 e. The molecule has 184 valence electrons. The van der Waals surface area contributed by atoms with E-state index in [9.17, 15) is 10.1 Å². The van der Waals surface area contributed by atoms with Gasteiger partial charge in [0.1, 0.15) is 0 Å². The maximum atomic E-state index is 13.7. The van der Waals surface area contributed by atoms with E-state index < -0.39 is 0 Å². The highest BCUT2D eigenvalue weighted by molar-refractivity contribution is 6.40. The summed E-state index contributed by atoms with van der Waals surface area (Å²) in [5, 5.41) is 34.6. The van der Waals surface area contributed by atoms with Crippen LogP contribution in [-0.2, 0) is 0 Å². The van der Waals surface area contributed by atoms with Crippen LogP contribution in [0.2, 0.25) is 0 Å². The molecule has 1 aliphatic rings. The van der Waals surface area contributed by atoms with Gasteiger partial charge in [0.05, 0.1) is 23.4 Å². The molecule has 0 saturated heterocycles. The molecular weight excluding hydrogens is 444 g/mol. The fraction of sp³-hybridized carbons (Fsp3) is 0.387. The predicted octanol–water partition coefficient (Wildman–Crippen LogP) is 7.55. The van der Waals surface area contributed by atoms with Crippen molar-refractivity contribution in [2.45, 2.75) is 71.6 Å². The molecule has 1 fully saturated rings. The largest absolute Gasteiger partial charge is 0.304 e. The Labute approximate surface area is 214 Å². The Morgan fingerprint density at radius 1 is 0.972 bits per heavy atom. The molecule has 5 nitrogen and oxygen atoms in total. The molecule has 36 heavy (non-hydrogen) atoms. The van der Waals surface area contributed by atoms with Crippen LogP contribution in [0.3, 0.4) is 0 Å². The average molecular weight is 479 g/mol. The Bertz CT molecular complexity index is 1270. The molecule has 2 unspecified atom stereocenters. The van der Waals surface area contributed by atoms with Crippen LogP contribution in [-0.4, -0.2) is 17.2 Å². The fourth-order valence-corrected chi connectivity index (χ4v) is 5.04. The van der Waals surface area contributed by atoms with Crippen LogP contribution in [0.1, 0.15) is 97.3 Å². The van der Waals surface area contributed by atoms with Crippen molar-refractivity contribution >= 4 is 22.8 Å². The number of carbonyl (C=O) groups excluding carboxylic acids is 1. The van der Waals surface area contributed by atoms with Crippen LogP contribution >= 0.6 is 0 Å². The quantitative estimate of drug-likeness (QED) is 0.243. The lowest BCUT2D eigenvalue weighted by atomic mass is 9.79. The first-order valence-electron chi connectivity index (χ1n) is 12.6. The molecule has 0 aliphatic heterocycles. The van der Waals surface area contributed by atoms with Crippen LogP contribution in [0, 0.1) is 46.3 Å². The Morgan fingerprint density at radius 3 is 2.31 bits per heavy atom. The number of allylic oxidation sites excluding steroid dienone is 2. The van der Waals surface area contributed by atoms with Gasteiger partial charge in [-0.15, -0.1) is 0 Å². The third-order valence-corrected chi connectivity index (χ3v) is 7.37. The second-order valence-corrected chi connectivity index (χ2v) is 9.88. The van der Waals surface area contributed by atoms with E-state index in [0.717, 1.165) is 49.7 Å². The average Bonchev–Trinajstić information content (AvgIpc) is 2.87. The van der Waals surface area contributed by atoms with E-state index in [1.807, 2.05) is 49.4 Å². The van der Waals surface area contributed by atoms with E-state index in [-0.39, 0.29) is 29.5 Å². The highest BCUT2D eigenvalue weighted by Gasteiger charge is 2.25. The molecule has 2 aromatic carbocycles. The van der Waals surface area contributed by atoms with Crippen molar-refractivity contribution in [3.05, 3.63) is 75.9 Å². The normalized spacial score (nSPS) is 18.6. The second-order valence-electron chi connectivity index (χ2n) is 9.88. The first-order valence-corrected chi connectivity index (χ1v) is 12.6. The first-order chi connectivity index (χ1) is 17.2. The Balaban J connectivity index is 1.84. The van der Waals surface area contributed by atoms with Gasteiger partial charge in [0.25, 0.3) is 0 Å². The molecule has 5 heteroatoms. The number of carbonyl (C=O) groups is 1. The highest BCUT2D eigenvalue weighted by Crippen LogP contribution is 2.35. The molecule has 3 rings (SSSR count). The molecule has 0 heterocycles. The molecule has 0 aromatic heterocycles. The molecule has 0 spiro atoms. The van der Waals surface area contributed by atoms with Gasteiger partial charge in [0.15, 0.2) is 5.78 Å². The minimum absolute atomic E-state index is 0.0478. The van der Waals surface area contributed by atoms with Crippen molar-refractivity contribution < 1.29 is 4.79 Å². The molecule has 2 atom stereocenters. The van der Waals surface area contributed by atoms with Crippen LogP contribution in [0.5, 0.6) is 0 Å². The number of hydrogen-bond acceptors (Lipinski definition) is 5. The molecular formula is C31H34N4O. The van der Waals surface area contributed by atoms with Crippen molar-refractivity contribution in [1.29, 1.82) is 21.3 Å². The number of benzene rings is 2. The molecule has 1 saturated carbocycles. The monoisotopic (exact) mass is 478 g/mol. The smallest absolute Gasteiger partial charge is 0.165 e. The van der Waals surface area contributed by atoms with Crippen molar-refractivity contribution in [2.75, 3.05) is 0 Å². The van der Waals surface area contributed by atoms with Crippen LogP contribution < -0.4 is 0 Å². The minimum Gasteiger partial charge on any atom is -0.304 e. The summed E-state index contributed by atoms with van der Waals surface area (Å²) in [4.78, 5) is 13.7. The van der Waals surface area contributed by atoms with Gasteiger partial charge in [-0.25, -0.2) is 0 Å². The van der Waals surface area contributed by atoms with Crippen molar-refractivity contribution in [3.8, 4) is 12.1 Å². The zero-order chi connectivity index (χ0) is 26.2. The summed E-state index contributed by atoms with van der Waals surface area (Å²) in [7, 11) is 0. The number of hydrogen-bond donors (Lipinski definition) is 2. The molecule has 2 N–H and O–H groups in total. The molecule has 2 aromatic rings. The number of nitriles is 2. The zero-order valence-electron chi connectivity index (χ0n) is 21.4. The van der Waals surface area contributed by atoms with E-state index in [2.05, 4.69) is 12.1 Å². The fourth-order valence-electron chi connectivity index (χ4n) is 5.04. The third-order valence-electron chi connectivity index (χ3n) is 7.37. The number of nitrogens with zero attached hydrogens (tertiary/aromatic N) is 2. The van der Waals surface area contributed by atoms with Crippen molar-refractivity contribution in [3.63, 3.8) is 0 Å². The topological polar surface area (TPSA) is 112 Å². The Morgan fingerprint density at radius 2 is 1.67 bits per heavy atom. The number of rotatable bonds is 7. The first kappa shape index (κ1) is 26.8. The van der Waals surface area contributed by atoms with E-state index in [1.165, 1.54) is 5.56 Å². The molecule has 1 aliphatic carbocycles. The SMILES string of the molecule is CC(=N)C(=N)C/C(=C(\C)C#N)c1cc(C(=O)C2CCCCC(c3ccc(C#N)cc3)CC2)ccc1C. The summed E-state index contributed by atoms with van der Waals surface area (Å²) in [5.74, 6) is 0.488. The second kappa shape index (κ2) is 12.2. The van der Waals surface area contributed by atoms with Crippen molar-refractivity contribution in [1.82, 2.24) is 0 Å². The summed E-state index contributed by atoms with van der Waals surface area (Å²) in [5.41, 5.74) is 5.88. The van der Waals surface area contributed by atoms with E-state index in [0.29, 0.717) is 28.2 Å². The lowest BCUT2D eigenvalue weighted by Crippen LogP contribution is -2.18. The van der Waals surface area contributed by atoms with Gasteiger partial charge in [-0.05, 0) is 92.8 Å². The summed E-state index contributed by atoms with van der Waals surface area (Å²) in [6.45, 7) is 5.26. The van der Waals surface area contributed by atoms with E-state index >= 15 is 0 Å². The molecule has 0 radical (unpaired) electrons. The van der Waals surface area contributed by atoms with Gasteiger partial charge in [-0.3, -0.25) is 4.79 Å². The van der Waals surface area contributed by atoms with Crippen molar-refractivity contribution in [2.24, 2.45) is 5.92 Å². The minimum atomic E-state index is -0.0478. The van der Waals surface area contributed by atoms with Gasteiger partial charge < -0.3 is 10.8 Å². The van der Waals surface area contributed by atoms with Gasteiger partial charge >= 0.3 is 0 Å². The summed E-state index contributed by atoms with van der Waals surface area (Å²) in [6, 6.07) is 17.9. The Hall–Kier alpha value is -3.83. The third kappa shape index (κ3) is 6.43. The number of ketones is 1. The predicted molar refractivity (Wildman–Crippen MR) is 145 cm³/mol. The number of aryl methyl sites for hydroxylation is 1. The van der Waals surface area contributed by atoms with Gasteiger partial charge in [0, 0.05) is 29.2 Å². The highest BCUT2D eigenvalue weighted by atomic mass is 16.1. The van der Waals surface area contributed by atoms with E-state index in [1.54, 1.807) is 13.8 Å². The van der Waals surface area contributed by atoms with Crippen LogP contribution in [0.4, 0.5) is 0 Å². The zero-order valence-corrected chi connectivity index (χ0v) is 21.4. The Kier molecular flexibility index (Phi) is 9.09. The van der Waals surface area contributed by atoms with Crippen LogP contribution in [0.25, 0.3) is 5.57 Å². The summed E-state index contributed by atoms with van der Waals surface area (Å²) < 4.78 is 0.